The lowest BCUT2D eigenvalue weighted by Gasteiger charge is -2.24. The zero-order chi connectivity index (χ0) is 10.2. The second kappa shape index (κ2) is 3.81. The molecule has 0 saturated carbocycles. The van der Waals surface area contributed by atoms with Crippen LogP contribution in [0, 0.1) is 5.41 Å². The monoisotopic (exact) mass is 229 g/mol. The van der Waals surface area contributed by atoms with E-state index in [1.54, 1.807) is 0 Å². The van der Waals surface area contributed by atoms with Gasteiger partial charge in [-0.15, -0.1) is 0 Å². The smallest absolute Gasteiger partial charge is 0.230 e. The molecule has 0 radical (unpaired) electrons. The third-order valence-electron chi connectivity index (χ3n) is 3.06. The van der Waals surface area contributed by atoms with E-state index in [-0.39, 0.29) is 11.3 Å². The minimum Gasteiger partial charge on any atom is -0.316 e. The number of nitrogens with zero attached hydrogens (tertiary/aromatic N) is 1. The molecule has 1 amide bonds. The molecule has 78 valence electrons. The van der Waals surface area contributed by atoms with Crippen LogP contribution in [0.5, 0.6) is 0 Å². The fraction of sp³-hybridized carbons (Fsp3) is 0.700. The lowest BCUT2D eigenvalue weighted by atomic mass is 9.89. The summed E-state index contributed by atoms with van der Waals surface area (Å²) in [7, 11) is 3.70. The molecule has 1 fully saturated rings. The summed E-state index contributed by atoms with van der Waals surface area (Å²) in [5, 5.41) is 0. The minimum absolute atomic E-state index is 0.236. The summed E-state index contributed by atoms with van der Waals surface area (Å²) in [4.78, 5) is 13.5. The van der Waals surface area contributed by atoms with E-state index in [9.17, 15) is 4.79 Å². The Balaban J connectivity index is 2.11. The van der Waals surface area contributed by atoms with E-state index in [1.165, 1.54) is 5.70 Å². The Bertz CT molecular complexity index is 290. The second-order valence-electron chi connectivity index (χ2n) is 4.08. The van der Waals surface area contributed by atoms with E-state index < -0.39 is 0 Å². The van der Waals surface area contributed by atoms with E-state index in [0.29, 0.717) is 6.42 Å². The highest BCUT2D eigenvalue weighted by atomic mass is 33.1. The topological polar surface area (TPSA) is 20.3 Å². The number of amides is 1. The van der Waals surface area contributed by atoms with Crippen LogP contribution in [0.1, 0.15) is 19.8 Å². The van der Waals surface area contributed by atoms with Gasteiger partial charge in [0.25, 0.3) is 0 Å². The first-order chi connectivity index (χ1) is 6.67. The number of rotatable bonds is 3. The molecule has 1 saturated heterocycles. The van der Waals surface area contributed by atoms with Crippen molar-refractivity contribution in [3.05, 3.63) is 11.8 Å². The van der Waals surface area contributed by atoms with E-state index >= 15 is 0 Å². The number of carbonyl (C=O) groups is 1. The number of hydrogen-bond acceptors (Lipinski definition) is 3. The molecule has 0 aromatic carbocycles. The molecule has 1 atom stereocenters. The highest BCUT2D eigenvalue weighted by Gasteiger charge is 2.43. The Morgan fingerprint density at radius 2 is 2.43 bits per heavy atom. The number of hydrogen-bond donors (Lipinski definition) is 0. The van der Waals surface area contributed by atoms with Gasteiger partial charge in [0.05, 0.1) is 0 Å². The van der Waals surface area contributed by atoms with Crippen molar-refractivity contribution in [1.29, 1.82) is 0 Å². The van der Waals surface area contributed by atoms with Gasteiger partial charge >= 0.3 is 0 Å². The molecule has 0 N–H and O–H groups in total. The summed E-state index contributed by atoms with van der Waals surface area (Å²) in [6, 6.07) is 0. The molecule has 0 bridgehead atoms. The highest BCUT2D eigenvalue weighted by Crippen LogP contribution is 2.46. The third-order valence-corrected chi connectivity index (χ3v) is 5.11. The first-order valence-corrected chi connectivity index (χ1v) is 7.57. The molecular weight excluding hydrogens is 214 g/mol. The molecule has 0 aromatic heterocycles. The van der Waals surface area contributed by atoms with Gasteiger partial charge in [-0.2, -0.15) is 0 Å². The van der Waals surface area contributed by atoms with Crippen LogP contribution in [0.25, 0.3) is 0 Å². The van der Waals surface area contributed by atoms with Crippen molar-refractivity contribution >= 4 is 27.5 Å². The normalized spacial score (nSPS) is 30.9. The van der Waals surface area contributed by atoms with Gasteiger partial charge in [-0.1, -0.05) is 34.6 Å². The molecule has 1 unspecified atom stereocenters. The second-order valence-corrected chi connectivity index (χ2v) is 6.64. The summed E-state index contributed by atoms with van der Waals surface area (Å²) in [6.07, 6.45) is 5.97. The standard InChI is InChI=1S/C10H15NOS2/c1-10(7-14-13-2)5-6-11-8(10)3-4-9(11)12/h3H,4-7H2,1-2H3. The van der Waals surface area contributed by atoms with Crippen LogP contribution in [0.15, 0.2) is 11.8 Å². The zero-order valence-corrected chi connectivity index (χ0v) is 10.2. The fourth-order valence-corrected chi connectivity index (χ4v) is 3.98. The molecule has 0 spiro atoms. The van der Waals surface area contributed by atoms with Crippen LogP contribution >= 0.6 is 21.6 Å². The maximum Gasteiger partial charge on any atom is 0.230 e. The van der Waals surface area contributed by atoms with Crippen molar-refractivity contribution in [2.45, 2.75) is 19.8 Å². The third kappa shape index (κ3) is 1.58. The molecular formula is C10H15NOS2. The molecule has 4 heteroatoms. The van der Waals surface area contributed by atoms with Gasteiger partial charge in [0.1, 0.15) is 0 Å². The van der Waals surface area contributed by atoms with Crippen LogP contribution in [0.4, 0.5) is 0 Å². The summed E-state index contributed by atoms with van der Waals surface area (Å²) in [6.45, 7) is 3.21. The molecule has 2 aliphatic rings. The molecule has 2 aliphatic heterocycles. The van der Waals surface area contributed by atoms with Crippen molar-refractivity contribution in [3.63, 3.8) is 0 Å². The van der Waals surface area contributed by atoms with Gasteiger partial charge in [0.15, 0.2) is 0 Å². The summed E-state index contributed by atoms with van der Waals surface area (Å²) >= 11 is 0. The average molecular weight is 229 g/mol. The molecule has 0 aliphatic carbocycles. The predicted molar refractivity (Wildman–Crippen MR) is 63.1 cm³/mol. The Morgan fingerprint density at radius 3 is 3.14 bits per heavy atom. The number of allylic oxidation sites excluding steroid dienone is 1. The maximum atomic E-state index is 11.5. The van der Waals surface area contributed by atoms with Crippen LogP contribution in [0.3, 0.4) is 0 Å². The van der Waals surface area contributed by atoms with Crippen LogP contribution < -0.4 is 0 Å². The Morgan fingerprint density at radius 1 is 1.64 bits per heavy atom. The highest BCUT2D eigenvalue weighted by molar-refractivity contribution is 8.76. The van der Waals surface area contributed by atoms with E-state index in [2.05, 4.69) is 19.3 Å². The van der Waals surface area contributed by atoms with Crippen molar-refractivity contribution in [1.82, 2.24) is 4.90 Å². The average Bonchev–Trinajstić information content (AvgIpc) is 2.68. The largest absolute Gasteiger partial charge is 0.316 e. The molecule has 14 heavy (non-hydrogen) atoms. The Hall–Kier alpha value is -0.0900. The Labute approximate surface area is 92.9 Å². The van der Waals surface area contributed by atoms with Crippen molar-refractivity contribution in [2.75, 3.05) is 18.6 Å². The SMILES string of the molecule is CSSCC1(C)CCN2C(=O)CC=C21. The van der Waals surface area contributed by atoms with Gasteiger partial charge < -0.3 is 4.90 Å². The molecule has 2 rings (SSSR count). The van der Waals surface area contributed by atoms with Gasteiger partial charge in [0.2, 0.25) is 5.91 Å². The van der Waals surface area contributed by atoms with Crippen molar-refractivity contribution in [3.8, 4) is 0 Å². The maximum absolute atomic E-state index is 11.5. The summed E-state index contributed by atoms with van der Waals surface area (Å²) in [5.74, 6) is 1.40. The summed E-state index contributed by atoms with van der Waals surface area (Å²) < 4.78 is 0. The number of carbonyl (C=O) groups excluding carboxylic acids is 1. The lowest BCUT2D eigenvalue weighted by molar-refractivity contribution is -0.126. The van der Waals surface area contributed by atoms with Gasteiger partial charge in [-0.3, -0.25) is 4.79 Å². The minimum atomic E-state index is 0.236. The van der Waals surface area contributed by atoms with E-state index in [1.807, 2.05) is 26.5 Å². The lowest BCUT2D eigenvalue weighted by Crippen LogP contribution is -2.24. The van der Waals surface area contributed by atoms with Gasteiger partial charge in [-0.25, -0.2) is 0 Å². The Kier molecular flexibility index (Phi) is 2.84. The first kappa shape index (κ1) is 10.4. The van der Waals surface area contributed by atoms with Crippen molar-refractivity contribution < 1.29 is 4.79 Å². The zero-order valence-electron chi connectivity index (χ0n) is 8.58. The fourth-order valence-electron chi connectivity index (χ4n) is 2.18. The van der Waals surface area contributed by atoms with Crippen LogP contribution in [-0.2, 0) is 4.79 Å². The number of fused-ring (bicyclic) bond motifs is 1. The summed E-state index contributed by atoms with van der Waals surface area (Å²) in [5.41, 5.74) is 1.52. The van der Waals surface area contributed by atoms with E-state index in [4.69, 9.17) is 0 Å². The molecule has 2 heterocycles. The quantitative estimate of drug-likeness (QED) is 0.694. The molecule has 0 aromatic rings. The first-order valence-electron chi connectivity index (χ1n) is 4.84. The van der Waals surface area contributed by atoms with Gasteiger partial charge in [-0.05, 0) is 12.7 Å². The van der Waals surface area contributed by atoms with E-state index in [0.717, 1.165) is 18.7 Å². The van der Waals surface area contributed by atoms with Gasteiger partial charge in [0, 0.05) is 29.8 Å². The van der Waals surface area contributed by atoms with Crippen LogP contribution in [-0.4, -0.2) is 29.4 Å². The predicted octanol–water partition coefficient (Wildman–Crippen LogP) is 2.52. The van der Waals surface area contributed by atoms with Crippen molar-refractivity contribution in [2.24, 2.45) is 5.41 Å². The van der Waals surface area contributed by atoms with Crippen LogP contribution in [0.2, 0.25) is 0 Å². The molecule has 2 nitrogen and oxygen atoms in total.